The van der Waals surface area contributed by atoms with E-state index >= 15 is 0 Å². The molecule has 0 amide bonds. The Balaban J connectivity index is 1.61. The van der Waals surface area contributed by atoms with Crippen molar-refractivity contribution in [3.63, 3.8) is 0 Å². The molecule has 0 atom stereocenters. The maximum Gasteiger partial charge on any atom is 0.433 e. The van der Waals surface area contributed by atoms with E-state index in [0.717, 1.165) is 21.0 Å². The molecule has 0 aliphatic rings. The van der Waals surface area contributed by atoms with Crippen molar-refractivity contribution >= 4 is 17.0 Å². The van der Waals surface area contributed by atoms with Crippen molar-refractivity contribution < 1.29 is 17.7 Å². The van der Waals surface area contributed by atoms with Crippen LogP contribution in [-0.4, -0.2) is 24.7 Å². The summed E-state index contributed by atoms with van der Waals surface area (Å²) in [6.07, 6.45) is -4.63. The van der Waals surface area contributed by atoms with E-state index in [1.54, 1.807) is 12.1 Å². The Morgan fingerprint density at radius 2 is 1.78 bits per heavy atom. The maximum atomic E-state index is 13.8. The maximum absolute atomic E-state index is 13.8. The average Bonchev–Trinajstić information content (AvgIpc) is 3.51. The highest BCUT2D eigenvalue weighted by molar-refractivity contribution is 7.13. The zero-order valence-corrected chi connectivity index (χ0v) is 17.8. The number of nitrogens with zero attached hydrogens (tertiary/aromatic N) is 5. The van der Waals surface area contributed by atoms with Crippen molar-refractivity contribution in [1.29, 1.82) is 0 Å². The Kier molecular flexibility index (Phi) is 4.81. The molecule has 0 N–H and O–H groups in total. The molecule has 0 bridgehead atoms. The van der Waals surface area contributed by atoms with E-state index in [0.29, 0.717) is 17.3 Å². The number of halogens is 3. The zero-order chi connectivity index (χ0) is 22.5. The second-order valence-electron chi connectivity index (χ2n) is 7.50. The fourth-order valence-corrected chi connectivity index (χ4v) is 3.95. The molecule has 0 unspecified atom stereocenters. The third-order valence-corrected chi connectivity index (χ3v) is 5.84. The van der Waals surface area contributed by atoms with Crippen LogP contribution in [0.25, 0.3) is 39.2 Å². The van der Waals surface area contributed by atoms with Crippen LogP contribution in [0.3, 0.4) is 0 Å². The van der Waals surface area contributed by atoms with Gasteiger partial charge < -0.3 is 4.52 Å². The van der Waals surface area contributed by atoms with Crippen LogP contribution >= 0.6 is 11.3 Å². The molecule has 0 saturated carbocycles. The number of hydrogen-bond acceptors (Lipinski definition) is 6. The Bertz CT molecular complexity index is 1390. The summed E-state index contributed by atoms with van der Waals surface area (Å²) in [5, 5.41) is 9.82. The first-order valence-electron chi connectivity index (χ1n) is 9.76. The van der Waals surface area contributed by atoms with Gasteiger partial charge in [0.1, 0.15) is 0 Å². The van der Waals surface area contributed by atoms with Gasteiger partial charge in [0.25, 0.3) is 5.89 Å². The highest BCUT2D eigenvalue weighted by Crippen LogP contribution is 2.34. The summed E-state index contributed by atoms with van der Waals surface area (Å²) in [5.41, 5.74) is 1.10. The fourth-order valence-electron chi connectivity index (χ4n) is 3.30. The lowest BCUT2D eigenvalue weighted by molar-refractivity contribution is -0.142. The van der Waals surface area contributed by atoms with E-state index in [-0.39, 0.29) is 22.9 Å². The lowest BCUT2D eigenvalue weighted by Crippen LogP contribution is -2.13. The molecule has 32 heavy (non-hydrogen) atoms. The number of alkyl halides is 3. The van der Waals surface area contributed by atoms with E-state index in [9.17, 15) is 13.2 Å². The quantitative estimate of drug-likeness (QED) is 0.317. The van der Waals surface area contributed by atoms with Crippen molar-refractivity contribution in [2.75, 3.05) is 0 Å². The standard InChI is InChI=1S/C22H16F3N5OS/c1-12(2)13-5-7-14(8-6-13)15-10-18(22(23,24)25)30-19(26-15)11-16(28-30)21-27-20(29-31-21)17-4-3-9-32-17/h3-12H,1-2H3. The zero-order valence-electron chi connectivity index (χ0n) is 17.0. The average molecular weight is 455 g/mol. The normalized spacial score (nSPS) is 12.2. The van der Waals surface area contributed by atoms with Crippen LogP contribution in [0, 0.1) is 0 Å². The Morgan fingerprint density at radius 1 is 1.00 bits per heavy atom. The van der Waals surface area contributed by atoms with Crippen molar-refractivity contribution in [3.05, 3.63) is 65.2 Å². The predicted octanol–water partition coefficient (Wildman–Crippen LogP) is 6.32. The lowest BCUT2D eigenvalue weighted by atomic mass is 10.0. The molecule has 1 aromatic carbocycles. The first kappa shape index (κ1) is 20.4. The SMILES string of the molecule is CC(C)c1ccc(-c2cc(C(F)(F)F)n3nc(-c4nc(-c5cccs5)no4)cc3n2)cc1. The number of fused-ring (bicyclic) bond motifs is 1. The minimum Gasteiger partial charge on any atom is -0.332 e. The fraction of sp³-hybridized carbons (Fsp3) is 0.182. The van der Waals surface area contributed by atoms with Crippen molar-refractivity contribution in [2.24, 2.45) is 0 Å². The molecular weight excluding hydrogens is 439 g/mol. The summed E-state index contributed by atoms with van der Waals surface area (Å²) in [6.45, 7) is 4.10. The molecule has 0 aliphatic heterocycles. The predicted molar refractivity (Wildman–Crippen MR) is 114 cm³/mol. The monoisotopic (exact) mass is 455 g/mol. The van der Waals surface area contributed by atoms with E-state index in [4.69, 9.17) is 4.52 Å². The Morgan fingerprint density at radius 3 is 2.44 bits per heavy atom. The van der Waals surface area contributed by atoms with Crippen LogP contribution in [0.4, 0.5) is 13.2 Å². The van der Waals surface area contributed by atoms with E-state index in [2.05, 4.69) is 34.1 Å². The molecule has 6 nitrogen and oxygen atoms in total. The van der Waals surface area contributed by atoms with Gasteiger partial charge >= 0.3 is 6.18 Å². The number of benzene rings is 1. The third kappa shape index (κ3) is 3.66. The van der Waals surface area contributed by atoms with Crippen LogP contribution in [0.5, 0.6) is 0 Å². The van der Waals surface area contributed by atoms with Gasteiger partial charge in [-0.25, -0.2) is 9.50 Å². The van der Waals surface area contributed by atoms with Crippen LogP contribution < -0.4 is 0 Å². The highest BCUT2D eigenvalue weighted by atomic mass is 32.1. The second-order valence-corrected chi connectivity index (χ2v) is 8.45. The van der Waals surface area contributed by atoms with Gasteiger partial charge in [-0.3, -0.25) is 0 Å². The first-order valence-corrected chi connectivity index (χ1v) is 10.6. The molecule has 0 spiro atoms. The Labute approximate surface area is 184 Å². The van der Waals surface area contributed by atoms with E-state index < -0.39 is 11.9 Å². The summed E-state index contributed by atoms with van der Waals surface area (Å²) in [6, 6.07) is 13.4. The van der Waals surface area contributed by atoms with Gasteiger partial charge in [-0.1, -0.05) is 49.3 Å². The van der Waals surface area contributed by atoms with E-state index in [1.807, 2.05) is 29.6 Å². The molecule has 5 aromatic rings. The van der Waals surface area contributed by atoms with Crippen molar-refractivity contribution in [1.82, 2.24) is 24.7 Å². The van der Waals surface area contributed by atoms with Gasteiger partial charge in [-0.2, -0.15) is 23.3 Å². The summed E-state index contributed by atoms with van der Waals surface area (Å²) >= 11 is 1.43. The minimum atomic E-state index is -4.63. The molecule has 4 aromatic heterocycles. The molecule has 0 radical (unpaired) electrons. The number of rotatable bonds is 4. The van der Waals surface area contributed by atoms with Gasteiger partial charge in [-0.15, -0.1) is 11.3 Å². The lowest BCUT2D eigenvalue weighted by Gasteiger charge is -2.11. The third-order valence-electron chi connectivity index (χ3n) is 4.98. The van der Waals surface area contributed by atoms with Crippen LogP contribution in [0.1, 0.15) is 31.0 Å². The summed E-state index contributed by atoms with van der Waals surface area (Å²) in [4.78, 5) is 9.46. The minimum absolute atomic E-state index is 0.0230. The molecule has 0 saturated heterocycles. The number of thiophene rings is 1. The molecule has 162 valence electrons. The van der Waals surface area contributed by atoms with Crippen molar-refractivity contribution in [2.45, 2.75) is 25.9 Å². The van der Waals surface area contributed by atoms with Gasteiger partial charge in [0, 0.05) is 11.6 Å². The van der Waals surface area contributed by atoms with Crippen LogP contribution in [0.15, 0.2) is 58.4 Å². The smallest absolute Gasteiger partial charge is 0.332 e. The largest absolute Gasteiger partial charge is 0.433 e. The molecule has 0 aliphatic carbocycles. The van der Waals surface area contributed by atoms with Gasteiger partial charge in [0.05, 0.1) is 10.6 Å². The molecule has 4 heterocycles. The summed E-state index contributed by atoms with van der Waals surface area (Å²) in [7, 11) is 0. The summed E-state index contributed by atoms with van der Waals surface area (Å²) in [5.74, 6) is 0.688. The first-order chi connectivity index (χ1) is 15.3. The van der Waals surface area contributed by atoms with E-state index in [1.165, 1.54) is 17.4 Å². The number of hydrogen-bond donors (Lipinski definition) is 0. The van der Waals surface area contributed by atoms with Crippen LogP contribution in [-0.2, 0) is 6.18 Å². The van der Waals surface area contributed by atoms with Crippen molar-refractivity contribution in [3.8, 4) is 33.5 Å². The topological polar surface area (TPSA) is 69.1 Å². The molecule has 10 heteroatoms. The van der Waals surface area contributed by atoms with Crippen LogP contribution in [0.2, 0.25) is 0 Å². The van der Waals surface area contributed by atoms with Gasteiger partial charge in [0.15, 0.2) is 17.0 Å². The Hall–Kier alpha value is -3.53. The van der Waals surface area contributed by atoms with Gasteiger partial charge in [-0.05, 0) is 29.0 Å². The van der Waals surface area contributed by atoms with Gasteiger partial charge in [0.2, 0.25) is 5.82 Å². The molecular formula is C22H16F3N5OS. The highest BCUT2D eigenvalue weighted by Gasteiger charge is 2.35. The molecule has 0 fully saturated rings. The second kappa shape index (κ2) is 7.56. The molecule has 5 rings (SSSR count). The summed E-state index contributed by atoms with van der Waals surface area (Å²) < 4.78 is 47.5. The number of aromatic nitrogens is 5.